The zero-order valence-corrected chi connectivity index (χ0v) is 19.3. The molecule has 3 aromatic rings. The molecule has 5 heteroatoms. The largest absolute Gasteiger partial charge is 0.488 e. The second kappa shape index (κ2) is 10.1. The minimum Gasteiger partial charge on any atom is -0.488 e. The quantitative estimate of drug-likeness (QED) is 0.482. The standard InChI is InChI=1S/C26H27BrN2O2/c1-20-5-4-6-22(17-20)18-28-13-15-29(16-14-28)26(30)23-11-9-21(10-12-23)19-31-25-8-3-2-7-24(25)27/h2-12,17H,13-16,18-19H2,1H3. The molecule has 0 aromatic heterocycles. The lowest BCUT2D eigenvalue weighted by Crippen LogP contribution is -2.48. The van der Waals surface area contributed by atoms with Gasteiger partial charge in [-0.05, 0) is 58.2 Å². The maximum absolute atomic E-state index is 12.9. The summed E-state index contributed by atoms with van der Waals surface area (Å²) in [5.74, 6) is 0.916. The average Bonchev–Trinajstić information content (AvgIpc) is 2.79. The van der Waals surface area contributed by atoms with Crippen LogP contribution in [0.4, 0.5) is 0 Å². The van der Waals surface area contributed by atoms with Crippen LogP contribution in [-0.4, -0.2) is 41.9 Å². The second-order valence-electron chi connectivity index (χ2n) is 7.97. The predicted octanol–water partition coefficient (Wildman–Crippen LogP) is 5.29. The van der Waals surface area contributed by atoms with Crippen molar-refractivity contribution in [3.05, 3.63) is 99.5 Å². The SMILES string of the molecule is Cc1cccc(CN2CCN(C(=O)c3ccc(COc4ccccc4Br)cc3)CC2)c1. The highest BCUT2D eigenvalue weighted by Crippen LogP contribution is 2.24. The molecule has 160 valence electrons. The van der Waals surface area contributed by atoms with Gasteiger partial charge in [-0.25, -0.2) is 0 Å². The Bertz CT molecular complexity index is 1030. The minimum absolute atomic E-state index is 0.105. The lowest BCUT2D eigenvalue weighted by Gasteiger charge is -2.34. The molecule has 1 aliphatic rings. The molecule has 0 N–H and O–H groups in total. The number of carbonyl (C=O) groups is 1. The van der Waals surface area contributed by atoms with Crippen LogP contribution in [0.2, 0.25) is 0 Å². The first-order valence-electron chi connectivity index (χ1n) is 10.6. The number of ether oxygens (including phenoxy) is 1. The van der Waals surface area contributed by atoms with Gasteiger partial charge in [-0.1, -0.05) is 54.1 Å². The fraction of sp³-hybridized carbons (Fsp3) is 0.269. The van der Waals surface area contributed by atoms with Gasteiger partial charge in [-0.2, -0.15) is 0 Å². The molecule has 0 radical (unpaired) electrons. The fourth-order valence-electron chi connectivity index (χ4n) is 3.83. The number of carbonyl (C=O) groups excluding carboxylic acids is 1. The molecule has 0 bridgehead atoms. The normalized spacial score (nSPS) is 14.5. The van der Waals surface area contributed by atoms with Gasteiger partial charge in [0.2, 0.25) is 0 Å². The van der Waals surface area contributed by atoms with Gasteiger partial charge in [0.1, 0.15) is 12.4 Å². The third-order valence-electron chi connectivity index (χ3n) is 5.58. The van der Waals surface area contributed by atoms with E-state index >= 15 is 0 Å². The van der Waals surface area contributed by atoms with Crippen molar-refractivity contribution in [1.82, 2.24) is 9.80 Å². The highest BCUT2D eigenvalue weighted by molar-refractivity contribution is 9.10. The van der Waals surface area contributed by atoms with Gasteiger partial charge in [0.25, 0.3) is 5.91 Å². The summed E-state index contributed by atoms with van der Waals surface area (Å²) in [4.78, 5) is 17.3. The van der Waals surface area contributed by atoms with Crippen LogP contribution in [-0.2, 0) is 13.2 Å². The second-order valence-corrected chi connectivity index (χ2v) is 8.83. The molecule has 1 amide bonds. The molecule has 3 aromatic carbocycles. The van der Waals surface area contributed by atoms with Crippen LogP contribution < -0.4 is 4.74 Å². The summed E-state index contributed by atoms with van der Waals surface area (Å²) in [6.45, 7) is 6.85. The number of hydrogen-bond acceptors (Lipinski definition) is 3. The molecule has 0 atom stereocenters. The predicted molar refractivity (Wildman–Crippen MR) is 127 cm³/mol. The van der Waals surface area contributed by atoms with E-state index in [0.29, 0.717) is 6.61 Å². The van der Waals surface area contributed by atoms with Crippen molar-refractivity contribution in [2.45, 2.75) is 20.1 Å². The first kappa shape index (κ1) is 21.6. The smallest absolute Gasteiger partial charge is 0.253 e. The number of piperazine rings is 1. The number of para-hydroxylation sites is 1. The first-order valence-corrected chi connectivity index (χ1v) is 11.4. The number of hydrogen-bond donors (Lipinski definition) is 0. The summed E-state index contributed by atoms with van der Waals surface area (Å²) in [7, 11) is 0. The summed E-state index contributed by atoms with van der Waals surface area (Å²) in [6, 6.07) is 24.2. The van der Waals surface area contributed by atoms with Crippen molar-refractivity contribution in [2.24, 2.45) is 0 Å². The van der Waals surface area contributed by atoms with Crippen LogP contribution in [0.3, 0.4) is 0 Å². The molecule has 1 heterocycles. The van der Waals surface area contributed by atoms with Crippen LogP contribution in [0.15, 0.2) is 77.3 Å². The van der Waals surface area contributed by atoms with E-state index in [1.165, 1.54) is 11.1 Å². The van der Waals surface area contributed by atoms with Gasteiger partial charge in [0.05, 0.1) is 4.47 Å². The van der Waals surface area contributed by atoms with E-state index in [0.717, 1.165) is 54.1 Å². The van der Waals surface area contributed by atoms with Crippen molar-refractivity contribution < 1.29 is 9.53 Å². The van der Waals surface area contributed by atoms with Crippen LogP contribution in [0.5, 0.6) is 5.75 Å². The highest BCUT2D eigenvalue weighted by atomic mass is 79.9. The van der Waals surface area contributed by atoms with E-state index in [-0.39, 0.29) is 5.91 Å². The first-order chi connectivity index (χ1) is 15.1. The molecule has 0 spiro atoms. The Hall–Kier alpha value is -2.63. The molecule has 0 aliphatic carbocycles. The summed E-state index contributed by atoms with van der Waals surface area (Å²) in [5.41, 5.74) is 4.39. The van der Waals surface area contributed by atoms with E-state index in [2.05, 4.69) is 52.0 Å². The van der Waals surface area contributed by atoms with E-state index < -0.39 is 0 Å². The van der Waals surface area contributed by atoms with Crippen LogP contribution in [0.25, 0.3) is 0 Å². The third kappa shape index (κ3) is 5.75. The minimum atomic E-state index is 0.105. The van der Waals surface area contributed by atoms with E-state index in [4.69, 9.17) is 4.74 Å². The number of halogens is 1. The van der Waals surface area contributed by atoms with Gasteiger partial charge in [0.15, 0.2) is 0 Å². The number of rotatable bonds is 6. The van der Waals surface area contributed by atoms with Crippen molar-refractivity contribution >= 4 is 21.8 Å². The van der Waals surface area contributed by atoms with E-state index in [9.17, 15) is 4.79 Å². The fourth-order valence-corrected chi connectivity index (χ4v) is 4.23. The van der Waals surface area contributed by atoms with Gasteiger partial charge in [-0.3, -0.25) is 9.69 Å². The number of nitrogens with zero attached hydrogens (tertiary/aromatic N) is 2. The topological polar surface area (TPSA) is 32.8 Å². The summed E-state index contributed by atoms with van der Waals surface area (Å²) in [5, 5.41) is 0. The lowest BCUT2D eigenvalue weighted by atomic mass is 10.1. The van der Waals surface area contributed by atoms with Crippen LogP contribution in [0, 0.1) is 6.92 Å². The van der Waals surface area contributed by atoms with Gasteiger partial charge < -0.3 is 9.64 Å². The van der Waals surface area contributed by atoms with E-state index in [1.54, 1.807) is 0 Å². The lowest BCUT2D eigenvalue weighted by molar-refractivity contribution is 0.0628. The van der Waals surface area contributed by atoms with Crippen LogP contribution in [0.1, 0.15) is 27.0 Å². The average molecular weight is 479 g/mol. The van der Waals surface area contributed by atoms with Crippen molar-refractivity contribution in [3.8, 4) is 5.75 Å². The molecule has 1 fully saturated rings. The van der Waals surface area contributed by atoms with Crippen molar-refractivity contribution in [3.63, 3.8) is 0 Å². The Kier molecular flexibility index (Phi) is 7.05. The van der Waals surface area contributed by atoms with Gasteiger partial charge >= 0.3 is 0 Å². The zero-order valence-electron chi connectivity index (χ0n) is 17.8. The maximum atomic E-state index is 12.9. The molecular formula is C26H27BrN2O2. The van der Waals surface area contributed by atoms with Crippen molar-refractivity contribution in [1.29, 1.82) is 0 Å². The van der Waals surface area contributed by atoms with E-state index in [1.807, 2.05) is 53.4 Å². The molecule has 0 unspecified atom stereocenters. The number of benzene rings is 3. The van der Waals surface area contributed by atoms with Gasteiger partial charge in [-0.15, -0.1) is 0 Å². The molecular weight excluding hydrogens is 452 g/mol. The Balaban J connectivity index is 1.28. The summed E-state index contributed by atoms with van der Waals surface area (Å²) in [6.07, 6.45) is 0. The molecule has 31 heavy (non-hydrogen) atoms. The number of amides is 1. The molecule has 4 rings (SSSR count). The molecule has 1 aliphatic heterocycles. The molecule has 1 saturated heterocycles. The third-order valence-corrected chi connectivity index (χ3v) is 6.24. The Morgan fingerprint density at radius 3 is 2.35 bits per heavy atom. The zero-order chi connectivity index (χ0) is 21.6. The summed E-state index contributed by atoms with van der Waals surface area (Å²) >= 11 is 3.49. The van der Waals surface area contributed by atoms with Crippen LogP contribution >= 0.6 is 15.9 Å². The number of aryl methyl sites for hydroxylation is 1. The monoisotopic (exact) mass is 478 g/mol. The molecule has 4 nitrogen and oxygen atoms in total. The highest BCUT2D eigenvalue weighted by Gasteiger charge is 2.22. The molecule has 0 saturated carbocycles. The van der Waals surface area contributed by atoms with Gasteiger partial charge in [0, 0.05) is 38.3 Å². The Labute approximate surface area is 192 Å². The Morgan fingerprint density at radius 1 is 0.903 bits per heavy atom. The Morgan fingerprint density at radius 2 is 1.65 bits per heavy atom. The van der Waals surface area contributed by atoms with Crippen molar-refractivity contribution in [2.75, 3.05) is 26.2 Å². The maximum Gasteiger partial charge on any atom is 0.253 e. The summed E-state index contributed by atoms with van der Waals surface area (Å²) < 4.78 is 6.79.